The lowest BCUT2D eigenvalue weighted by Gasteiger charge is -2.22. The summed E-state index contributed by atoms with van der Waals surface area (Å²) in [6.07, 6.45) is 0.381. The average Bonchev–Trinajstić information content (AvgIpc) is 2.46. The van der Waals surface area contributed by atoms with Crippen molar-refractivity contribution in [2.45, 2.75) is 26.3 Å². The molecule has 0 saturated heterocycles. The number of aliphatic carboxylic acids is 1. The molecule has 0 aliphatic carbocycles. The van der Waals surface area contributed by atoms with E-state index in [1.165, 1.54) is 11.3 Å². The number of carbonyl (C=O) groups is 1. The summed E-state index contributed by atoms with van der Waals surface area (Å²) in [7, 11) is 0. The Morgan fingerprint density at radius 3 is 2.69 bits per heavy atom. The smallest absolute Gasteiger partial charge is 0.309 e. The normalized spacial score (nSPS) is 13.8. The predicted octanol–water partition coefficient (Wildman–Crippen LogP) is 3.66. The molecule has 1 heterocycles. The van der Waals surface area contributed by atoms with E-state index in [1.807, 2.05) is 6.07 Å². The van der Waals surface area contributed by atoms with Crippen molar-refractivity contribution in [1.29, 1.82) is 0 Å². The van der Waals surface area contributed by atoms with Gasteiger partial charge in [-0.2, -0.15) is 0 Å². The van der Waals surface area contributed by atoms with Crippen LogP contribution in [0.2, 0.25) is 4.34 Å². The van der Waals surface area contributed by atoms with Gasteiger partial charge in [0.25, 0.3) is 0 Å². The highest BCUT2D eigenvalue weighted by molar-refractivity contribution is 9.10. The zero-order valence-corrected chi connectivity index (χ0v) is 12.1. The predicted molar refractivity (Wildman–Crippen MR) is 70.0 cm³/mol. The molecule has 0 bridgehead atoms. The molecule has 1 unspecified atom stereocenters. The highest BCUT2D eigenvalue weighted by atomic mass is 79.9. The fourth-order valence-corrected chi connectivity index (χ4v) is 3.02. The molecule has 0 spiro atoms. The van der Waals surface area contributed by atoms with Gasteiger partial charge in [-0.25, -0.2) is 0 Å². The van der Waals surface area contributed by atoms with E-state index >= 15 is 0 Å². The Hall–Kier alpha value is -0.100. The lowest BCUT2D eigenvalue weighted by molar-refractivity contribution is -0.147. The van der Waals surface area contributed by atoms with Crippen molar-refractivity contribution in [2.24, 2.45) is 11.1 Å². The van der Waals surface area contributed by atoms with Gasteiger partial charge in [0, 0.05) is 15.4 Å². The first kappa shape index (κ1) is 14.0. The van der Waals surface area contributed by atoms with Gasteiger partial charge in [-0.15, -0.1) is 11.3 Å². The van der Waals surface area contributed by atoms with Crippen LogP contribution >= 0.6 is 38.9 Å². The Labute approximate surface area is 112 Å². The molecule has 1 aromatic heterocycles. The van der Waals surface area contributed by atoms with E-state index in [2.05, 4.69) is 15.9 Å². The summed E-state index contributed by atoms with van der Waals surface area (Å²) in [5, 5.41) is 9.01. The molecule has 1 rings (SSSR count). The fourth-order valence-electron chi connectivity index (χ4n) is 1.28. The third-order valence-electron chi connectivity index (χ3n) is 2.34. The molecular weight excluding hydrogens is 314 g/mol. The molecule has 0 aliphatic heterocycles. The minimum Gasteiger partial charge on any atom is -0.481 e. The number of hydrogen-bond acceptors (Lipinski definition) is 3. The number of rotatable bonds is 4. The van der Waals surface area contributed by atoms with Crippen LogP contribution in [-0.4, -0.2) is 11.1 Å². The molecular formula is C10H13BrClNO2S. The van der Waals surface area contributed by atoms with E-state index in [1.54, 1.807) is 13.8 Å². The molecule has 6 heteroatoms. The Kier molecular flexibility index (Phi) is 4.40. The van der Waals surface area contributed by atoms with Crippen molar-refractivity contribution < 1.29 is 9.90 Å². The van der Waals surface area contributed by atoms with Crippen LogP contribution in [0.3, 0.4) is 0 Å². The van der Waals surface area contributed by atoms with Gasteiger partial charge in [0.2, 0.25) is 0 Å². The number of carboxylic acids is 1. The van der Waals surface area contributed by atoms with Gasteiger partial charge in [-0.3, -0.25) is 4.79 Å². The average molecular weight is 327 g/mol. The molecule has 0 saturated carbocycles. The number of thiophene rings is 1. The summed E-state index contributed by atoms with van der Waals surface area (Å²) in [6, 6.07) is 1.54. The summed E-state index contributed by atoms with van der Waals surface area (Å²) >= 11 is 10.6. The SMILES string of the molecule is CC(C)(CC(N)c1cc(Br)c(Cl)s1)C(=O)O. The van der Waals surface area contributed by atoms with Crippen LogP contribution in [0.4, 0.5) is 0 Å². The molecule has 3 nitrogen and oxygen atoms in total. The first-order chi connectivity index (χ1) is 7.24. The van der Waals surface area contributed by atoms with E-state index in [9.17, 15) is 4.79 Å². The standard InChI is InChI=1S/C10H13BrClNO2S/c1-10(2,9(14)15)4-6(13)7-3-5(11)8(12)16-7/h3,6H,4,13H2,1-2H3,(H,14,15). The maximum Gasteiger partial charge on any atom is 0.309 e. The van der Waals surface area contributed by atoms with E-state index in [4.69, 9.17) is 22.4 Å². The van der Waals surface area contributed by atoms with Crippen LogP contribution in [0.15, 0.2) is 10.5 Å². The van der Waals surface area contributed by atoms with Gasteiger partial charge in [0.1, 0.15) is 4.34 Å². The molecule has 1 atom stereocenters. The first-order valence-corrected chi connectivity index (χ1v) is 6.66. The molecule has 0 aliphatic rings. The summed E-state index contributed by atoms with van der Waals surface area (Å²) in [5.41, 5.74) is 5.14. The van der Waals surface area contributed by atoms with Gasteiger partial charge in [-0.1, -0.05) is 11.6 Å². The number of carboxylic acid groups (broad SMARTS) is 1. The molecule has 3 N–H and O–H groups in total. The summed E-state index contributed by atoms with van der Waals surface area (Å²) < 4.78 is 1.44. The Morgan fingerprint density at radius 2 is 2.31 bits per heavy atom. The first-order valence-electron chi connectivity index (χ1n) is 4.68. The molecule has 16 heavy (non-hydrogen) atoms. The van der Waals surface area contributed by atoms with Crippen molar-refractivity contribution in [2.75, 3.05) is 0 Å². The minimum absolute atomic E-state index is 0.306. The highest BCUT2D eigenvalue weighted by Gasteiger charge is 2.30. The van der Waals surface area contributed by atoms with Crippen molar-refractivity contribution in [3.05, 3.63) is 19.8 Å². The summed E-state index contributed by atoms with van der Waals surface area (Å²) in [4.78, 5) is 11.9. The van der Waals surface area contributed by atoms with Crippen LogP contribution in [0, 0.1) is 5.41 Å². The van der Waals surface area contributed by atoms with Gasteiger partial charge < -0.3 is 10.8 Å². The van der Waals surface area contributed by atoms with Crippen molar-refractivity contribution in [1.82, 2.24) is 0 Å². The lowest BCUT2D eigenvalue weighted by atomic mass is 9.86. The van der Waals surface area contributed by atoms with E-state index in [-0.39, 0.29) is 6.04 Å². The second-order valence-electron chi connectivity index (χ2n) is 4.27. The third-order valence-corrected chi connectivity index (χ3v) is 4.95. The highest BCUT2D eigenvalue weighted by Crippen LogP contribution is 2.38. The fraction of sp³-hybridized carbons (Fsp3) is 0.500. The number of halogens is 2. The Bertz CT molecular complexity index is 386. The third kappa shape index (κ3) is 3.20. The molecule has 0 aromatic carbocycles. The summed E-state index contributed by atoms with van der Waals surface area (Å²) in [6.45, 7) is 3.33. The maximum atomic E-state index is 11.0. The maximum absolute atomic E-state index is 11.0. The molecule has 1 aromatic rings. The molecule has 0 amide bonds. The van der Waals surface area contributed by atoms with Crippen molar-refractivity contribution in [3.8, 4) is 0 Å². The summed E-state index contributed by atoms with van der Waals surface area (Å²) in [5.74, 6) is -0.843. The van der Waals surface area contributed by atoms with Crippen LogP contribution in [0.5, 0.6) is 0 Å². The van der Waals surface area contributed by atoms with Gasteiger partial charge in [0.15, 0.2) is 0 Å². The lowest BCUT2D eigenvalue weighted by Crippen LogP contribution is -2.28. The number of nitrogens with two attached hydrogens (primary N) is 1. The molecule has 90 valence electrons. The Morgan fingerprint density at radius 1 is 1.75 bits per heavy atom. The van der Waals surface area contributed by atoms with Crippen LogP contribution in [0.1, 0.15) is 31.2 Å². The zero-order valence-electron chi connectivity index (χ0n) is 8.96. The largest absolute Gasteiger partial charge is 0.481 e. The molecule has 0 fully saturated rings. The van der Waals surface area contributed by atoms with E-state index in [0.29, 0.717) is 10.8 Å². The zero-order chi connectivity index (χ0) is 12.5. The second-order valence-corrected chi connectivity index (χ2v) is 6.81. The van der Waals surface area contributed by atoms with Crippen LogP contribution in [0.25, 0.3) is 0 Å². The van der Waals surface area contributed by atoms with Crippen molar-refractivity contribution in [3.63, 3.8) is 0 Å². The van der Waals surface area contributed by atoms with Gasteiger partial charge in [0.05, 0.1) is 5.41 Å². The second kappa shape index (κ2) is 5.04. The molecule has 0 radical (unpaired) electrons. The minimum atomic E-state index is -0.843. The van der Waals surface area contributed by atoms with E-state index < -0.39 is 11.4 Å². The van der Waals surface area contributed by atoms with Gasteiger partial charge >= 0.3 is 5.97 Å². The number of hydrogen-bond donors (Lipinski definition) is 2. The van der Waals surface area contributed by atoms with Gasteiger partial charge in [-0.05, 0) is 42.3 Å². The van der Waals surface area contributed by atoms with Crippen LogP contribution in [-0.2, 0) is 4.79 Å². The monoisotopic (exact) mass is 325 g/mol. The van der Waals surface area contributed by atoms with Crippen LogP contribution < -0.4 is 5.73 Å². The Balaban J connectivity index is 2.80. The quantitative estimate of drug-likeness (QED) is 0.887. The topological polar surface area (TPSA) is 63.3 Å². The van der Waals surface area contributed by atoms with E-state index in [0.717, 1.165) is 9.35 Å². The van der Waals surface area contributed by atoms with Crippen molar-refractivity contribution >= 4 is 44.8 Å².